The van der Waals surface area contributed by atoms with E-state index in [4.69, 9.17) is 5.73 Å². The standard InChI is InChI=1S/C20H33N3O/c1-4-23(5-2)19-13-11-16(15-18(19)21)12-14-20(24)22(3)17-9-7-6-8-10-17/h11,13,15,17H,4-10,12,14,21H2,1-3H3. The highest BCUT2D eigenvalue weighted by Crippen LogP contribution is 2.25. The molecule has 0 aliphatic heterocycles. The van der Waals surface area contributed by atoms with Crippen LogP contribution in [0, 0.1) is 0 Å². The first kappa shape index (κ1) is 18.6. The lowest BCUT2D eigenvalue weighted by Crippen LogP contribution is -2.38. The molecule has 1 aromatic rings. The van der Waals surface area contributed by atoms with Gasteiger partial charge < -0.3 is 15.5 Å². The van der Waals surface area contributed by atoms with Crippen LogP contribution < -0.4 is 10.6 Å². The Morgan fingerprint density at radius 1 is 1.17 bits per heavy atom. The monoisotopic (exact) mass is 331 g/mol. The lowest BCUT2D eigenvalue weighted by Gasteiger charge is -2.31. The van der Waals surface area contributed by atoms with Crippen molar-refractivity contribution in [2.45, 2.75) is 64.8 Å². The number of nitrogen functional groups attached to an aromatic ring is 1. The van der Waals surface area contributed by atoms with E-state index in [1.54, 1.807) is 0 Å². The molecule has 4 heteroatoms. The normalized spacial score (nSPS) is 15.3. The predicted octanol–water partition coefficient (Wildman–Crippen LogP) is 3.84. The molecular weight excluding hydrogens is 298 g/mol. The van der Waals surface area contributed by atoms with Crippen LogP contribution in [0.15, 0.2) is 18.2 Å². The second kappa shape index (κ2) is 8.95. The Morgan fingerprint density at radius 2 is 1.83 bits per heavy atom. The van der Waals surface area contributed by atoms with Crippen LogP contribution in [0.1, 0.15) is 57.9 Å². The molecule has 1 aromatic carbocycles. The average Bonchev–Trinajstić information content (AvgIpc) is 2.62. The summed E-state index contributed by atoms with van der Waals surface area (Å²) in [7, 11) is 1.97. The summed E-state index contributed by atoms with van der Waals surface area (Å²) >= 11 is 0. The van der Waals surface area contributed by atoms with E-state index in [9.17, 15) is 4.79 Å². The van der Waals surface area contributed by atoms with Gasteiger partial charge in [0.25, 0.3) is 0 Å². The number of nitrogens with zero attached hydrogens (tertiary/aromatic N) is 2. The van der Waals surface area contributed by atoms with Crippen LogP contribution in [-0.4, -0.2) is 37.0 Å². The van der Waals surface area contributed by atoms with Gasteiger partial charge in [-0.1, -0.05) is 25.3 Å². The van der Waals surface area contributed by atoms with E-state index in [0.717, 1.165) is 49.3 Å². The van der Waals surface area contributed by atoms with Crippen molar-refractivity contribution in [1.29, 1.82) is 0 Å². The Morgan fingerprint density at radius 3 is 2.42 bits per heavy atom. The molecule has 0 bridgehead atoms. The summed E-state index contributed by atoms with van der Waals surface area (Å²) in [6.45, 7) is 6.17. The van der Waals surface area contributed by atoms with E-state index >= 15 is 0 Å². The highest BCUT2D eigenvalue weighted by atomic mass is 16.2. The van der Waals surface area contributed by atoms with Gasteiger partial charge in [-0.2, -0.15) is 0 Å². The van der Waals surface area contributed by atoms with E-state index < -0.39 is 0 Å². The van der Waals surface area contributed by atoms with Gasteiger partial charge in [-0.3, -0.25) is 4.79 Å². The quantitative estimate of drug-likeness (QED) is 0.772. The molecule has 4 nitrogen and oxygen atoms in total. The van der Waals surface area contributed by atoms with Crippen molar-refractivity contribution in [1.82, 2.24) is 4.90 Å². The number of rotatable bonds is 7. The maximum atomic E-state index is 12.5. The molecule has 1 fully saturated rings. The van der Waals surface area contributed by atoms with Gasteiger partial charge in [-0.05, 0) is 50.8 Å². The Bertz CT molecular complexity index is 534. The molecule has 134 valence electrons. The van der Waals surface area contributed by atoms with E-state index in [2.05, 4.69) is 30.9 Å². The van der Waals surface area contributed by atoms with Crippen LogP contribution in [0.5, 0.6) is 0 Å². The molecule has 0 unspecified atom stereocenters. The summed E-state index contributed by atoms with van der Waals surface area (Å²) in [5.41, 5.74) is 9.27. The van der Waals surface area contributed by atoms with Gasteiger partial charge in [0, 0.05) is 32.6 Å². The van der Waals surface area contributed by atoms with Gasteiger partial charge >= 0.3 is 0 Å². The molecule has 1 aliphatic rings. The largest absolute Gasteiger partial charge is 0.397 e. The number of hydrogen-bond acceptors (Lipinski definition) is 3. The van der Waals surface area contributed by atoms with Crippen LogP contribution in [0.4, 0.5) is 11.4 Å². The van der Waals surface area contributed by atoms with Crippen molar-refractivity contribution >= 4 is 17.3 Å². The van der Waals surface area contributed by atoms with Gasteiger partial charge in [0.15, 0.2) is 0 Å². The molecule has 0 atom stereocenters. The summed E-state index contributed by atoms with van der Waals surface area (Å²) in [5.74, 6) is 0.258. The number of benzene rings is 1. The topological polar surface area (TPSA) is 49.6 Å². The molecule has 2 rings (SSSR count). The number of carbonyl (C=O) groups is 1. The molecule has 0 radical (unpaired) electrons. The van der Waals surface area contributed by atoms with E-state index in [0.29, 0.717) is 12.5 Å². The van der Waals surface area contributed by atoms with E-state index in [-0.39, 0.29) is 5.91 Å². The first-order valence-corrected chi connectivity index (χ1v) is 9.45. The molecule has 1 saturated carbocycles. The van der Waals surface area contributed by atoms with Crippen LogP contribution in [-0.2, 0) is 11.2 Å². The number of amides is 1. The van der Waals surface area contributed by atoms with E-state index in [1.165, 1.54) is 19.3 Å². The van der Waals surface area contributed by atoms with Gasteiger partial charge in [0.1, 0.15) is 0 Å². The van der Waals surface area contributed by atoms with Crippen molar-refractivity contribution < 1.29 is 4.79 Å². The maximum absolute atomic E-state index is 12.5. The average molecular weight is 332 g/mol. The molecule has 0 spiro atoms. The molecule has 24 heavy (non-hydrogen) atoms. The lowest BCUT2D eigenvalue weighted by molar-refractivity contribution is -0.132. The molecule has 0 aromatic heterocycles. The minimum atomic E-state index is 0.258. The number of nitrogens with two attached hydrogens (primary N) is 1. The molecule has 2 N–H and O–H groups in total. The summed E-state index contributed by atoms with van der Waals surface area (Å²) < 4.78 is 0. The van der Waals surface area contributed by atoms with E-state index in [1.807, 2.05) is 18.0 Å². The fourth-order valence-electron chi connectivity index (χ4n) is 3.71. The zero-order valence-electron chi connectivity index (χ0n) is 15.6. The molecule has 0 saturated heterocycles. The summed E-state index contributed by atoms with van der Waals surface area (Å²) in [6.07, 6.45) is 7.48. The smallest absolute Gasteiger partial charge is 0.222 e. The fourth-order valence-corrected chi connectivity index (χ4v) is 3.71. The van der Waals surface area contributed by atoms with Gasteiger partial charge in [-0.15, -0.1) is 0 Å². The van der Waals surface area contributed by atoms with Gasteiger partial charge in [0.05, 0.1) is 11.4 Å². The zero-order valence-corrected chi connectivity index (χ0v) is 15.6. The lowest BCUT2D eigenvalue weighted by atomic mass is 9.94. The molecule has 0 heterocycles. The minimum Gasteiger partial charge on any atom is -0.397 e. The summed E-state index contributed by atoms with van der Waals surface area (Å²) in [6, 6.07) is 6.67. The predicted molar refractivity (Wildman–Crippen MR) is 102 cm³/mol. The Kier molecular flexibility index (Phi) is 6.95. The highest BCUT2D eigenvalue weighted by molar-refractivity contribution is 5.77. The van der Waals surface area contributed by atoms with Crippen molar-refractivity contribution in [2.75, 3.05) is 30.8 Å². The van der Waals surface area contributed by atoms with Crippen molar-refractivity contribution in [3.8, 4) is 0 Å². The second-order valence-corrected chi connectivity index (χ2v) is 6.86. The molecule has 1 aliphatic carbocycles. The Labute approximate surface area is 147 Å². The van der Waals surface area contributed by atoms with Crippen molar-refractivity contribution in [3.63, 3.8) is 0 Å². The van der Waals surface area contributed by atoms with Crippen molar-refractivity contribution in [2.24, 2.45) is 0 Å². The maximum Gasteiger partial charge on any atom is 0.222 e. The second-order valence-electron chi connectivity index (χ2n) is 6.86. The Balaban J connectivity index is 1.91. The number of hydrogen-bond donors (Lipinski definition) is 1. The van der Waals surface area contributed by atoms with Gasteiger partial charge in [-0.25, -0.2) is 0 Å². The van der Waals surface area contributed by atoms with Crippen LogP contribution >= 0.6 is 0 Å². The van der Waals surface area contributed by atoms with Gasteiger partial charge in [0.2, 0.25) is 5.91 Å². The third kappa shape index (κ3) is 4.65. The highest BCUT2D eigenvalue weighted by Gasteiger charge is 2.21. The third-order valence-corrected chi connectivity index (χ3v) is 5.34. The molecule has 1 amide bonds. The first-order chi connectivity index (χ1) is 11.6. The van der Waals surface area contributed by atoms with Crippen molar-refractivity contribution in [3.05, 3.63) is 23.8 Å². The minimum absolute atomic E-state index is 0.258. The zero-order chi connectivity index (χ0) is 17.5. The van der Waals surface area contributed by atoms with Crippen LogP contribution in [0.3, 0.4) is 0 Å². The number of aryl methyl sites for hydroxylation is 1. The summed E-state index contributed by atoms with van der Waals surface area (Å²) in [4.78, 5) is 16.7. The SMILES string of the molecule is CCN(CC)c1ccc(CCC(=O)N(C)C2CCCCC2)cc1N. The van der Waals surface area contributed by atoms with Crippen LogP contribution in [0.25, 0.3) is 0 Å². The van der Waals surface area contributed by atoms with Crippen LogP contribution in [0.2, 0.25) is 0 Å². The molecular formula is C20H33N3O. The first-order valence-electron chi connectivity index (χ1n) is 9.45. The number of carbonyl (C=O) groups excluding carboxylic acids is 1. The Hall–Kier alpha value is -1.71. The number of anilines is 2. The fraction of sp³-hybridized carbons (Fsp3) is 0.650. The summed E-state index contributed by atoms with van der Waals surface area (Å²) in [5, 5.41) is 0. The third-order valence-electron chi connectivity index (χ3n) is 5.34.